The number of nitrogens with one attached hydrogen (secondary N) is 2. The number of aromatic amines is 2. The van der Waals surface area contributed by atoms with Gasteiger partial charge < -0.3 is 14.7 Å². The number of ketones is 2. The van der Waals surface area contributed by atoms with Gasteiger partial charge in [-0.2, -0.15) is 0 Å². The third kappa shape index (κ3) is 3.06. The summed E-state index contributed by atoms with van der Waals surface area (Å²) in [6.45, 7) is 6.42. The Bertz CT molecular complexity index is 993. The summed E-state index contributed by atoms with van der Waals surface area (Å²) >= 11 is 0. The summed E-state index contributed by atoms with van der Waals surface area (Å²) in [7, 11) is 0. The number of Topliss-reactive ketones (excluding diaryl/α,β-unsaturated/α-hetero) is 2. The van der Waals surface area contributed by atoms with Gasteiger partial charge in [0.05, 0.1) is 5.69 Å². The number of fused-ring (bicyclic) bond motifs is 1. The molecule has 0 fully saturated rings. The van der Waals surface area contributed by atoms with Crippen LogP contribution in [-0.4, -0.2) is 33.6 Å². The van der Waals surface area contributed by atoms with Gasteiger partial charge in [0.15, 0.2) is 11.9 Å². The van der Waals surface area contributed by atoms with Gasteiger partial charge in [-0.15, -0.1) is 0 Å². The van der Waals surface area contributed by atoms with Crippen molar-refractivity contribution in [2.75, 3.05) is 0 Å². The Hall–Kier alpha value is -3.15. The number of rotatable bonds is 5. The van der Waals surface area contributed by atoms with Crippen LogP contribution in [0.5, 0.6) is 0 Å². The van der Waals surface area contributed by atoms with Gasteiger partial charge in [0.2, 0.25) is 5.78 Å². The smallest absolute Gasteiger partial charge is 0.355 e. The van der Waals surface area contributed by atoms with Crippen molar-refractivity contribution in [3.63, 3.8) is 0 Å². The quantitative estimate of drug-likeness (QED) is 0.540. The highest BCUT2D eigenvalue weighted by molar-refractivity contribution is 6.05. The third-order valence-corrected chi connectivity index (χ3v) is 4.44. The molecule has 1 aromatic carbocycles. The van der Waals surface area contributed by atoms with Gasteiger partial charge in [-0.25, -0.2) is 4.79 Å². The van der Waals surface area contributed by atoms with Crippen molar-refractivity contribution in [3.05, 3.63) is 58.5 Å². The Labute approximate surface area is 150 Å². The van der Waals surface area contributed by atoms with Crippen molar-refractivity contribution in [2.24, 2.45) is 0 Å². The molecular weight excluding hydrogens is 332 g/mol. The zero-order valence-corrected chi connectivity index (χ0v) is 15.1. The zero-order chi connectivity index (χ0) is 19.0. The molecule has 0 aliphatic rings. The lowest BCUT2D eigenvalue weighted by Gasteiger charge is -2.11. The summed E-state index contributed by atoms with van der Waals surface area (Å²) in [5, 5.41) is 0.889. The van der Waals surface area contributed by atoms with E-state index < -0.39 is 12.1 Å². The largest absolute Gasteiger partial charge is 0.450 e. The molecule has 0 aliphatic heterocycles. The lowest BCUT2D eigenvalue weighted by atomic mass is 10.0. The maximum atomic E-state index is 12.7. The second-order valence-electron chi connectivity index (χ2n) is 6.36. The molecule has 26 heavy (non-hydrogen) atoms. The number of para-hydroxylation sites is 1. The molecule has 0 unspecified atom stereocenters. The molecule has 0 aliphatic carbocycles. The van der Waals surface area contributed by atoms with Crippen LogP contribution in [0.3, 0.4) is 0 Å². The van der Waals surface area contributed by atoms with Gasteiger partial charge in [0.25, 0.3) is 0 Å². The van der Waals surface area contributed by atoms with Crippen LogP contribution in [0, 0.1) is 13.8 Å². The average molecular weight is 352 g/mol. The molecule has 0 saturated heterocycles. The molecule has 0 radical (unpaired) electrons. The fraction of sp³-hybridized carbons (Fsp3) is 0.250. The van der Waals surface area contributed by atoms with Gasteiger partial charge in [-0.1, -0.05) is 18.2 Å². The van der Waals surface area contributed by atoms with Crippen molar-refractivity contribution >= 4 is 28.4 Å². The van der Waals surface area contributed by atoms with Gasteiger partial charge in [0, 0.05) is 22.2 Å². The number of aromatic nitrogens is 2. The molecule has 6 heteroatoms. The van der Waals surface area contributed by atoms with Crippen LogP contribution < -0.4 is 0 Å². The van der Waals surface area contributed by atoms with Crippen molar-refractivity contribution in [1.29, 1.82) is 0 Å². The van der Waals surface area contributed by atoms with Crippen molar-refractivity contribution in [2.45, 2.75) is 33.8 Å². The fourth-order valence-electron chi connectivity index (χ4n) is 3.19. The minimum atomic E-state index is -0.981. The first-order valence-corrected chi connectivity index (χ1v) is 8.32. The molecule has 0 amide bonds. The van der Waals surface area contributed by atoms with Crippen LogP contribution in [0.15, 0.2) is 30.3 Å². The molecular formula is C20H20N2O4. The highest BCUT2D eigenvalue weighted by atomic mass is 16.5. The number of hydrogen-bond donors (Lipinski definition) is 2. The monoisotopic (exact) mass is 352 g/mol. The molecule has 0 saturated carbocycles. The van der Waals surface area contributed by atoms with Crippen LogP contribution in [0.1, 0.15) is 56.4 Å². The SMILES string of the molecule is CC(=O)c1c(C)[nH]c(C(=O)[C@H](C)OC(=O)c2cc3ccccc3[nH]2)c1C. The maximum Gasteiger partial charge on any atom is 0.355 e. The van der Waals surface area contributed by atoms with Gasteiger partial charge in [-0.05, 0) is 45.4 Å². The van der Waals surface area contributed by atoms with Crippen LogP contribution in [-0.2, 0) is 4.74 Å². The topological polar surface area (TPSA) is 92.0 Å². The normalized spacial score (nSPS) is 12.2. The fourth-order valence-corrected chi connectivity index (χ4v) is 3.19. The van der Waals surface area contributed by atoms with Crippen LogP contribution in [0.25, 0.3) is 10.9 Å². The lowest BCUT2D eigenvalue weighted by molar-refractivity contribution is 0.0312. The third-order valence-electron chi connectivity index (χ3n) is 4.44. The van der Waals surface area contributed by atoms with E-state index in [1.807, 2.05) is 24.3 Å². The number of benzene rings is 1. The number of carbonyl (C=O) groups excluding carboxylic acids is 3. The lowest BCUT2D eigenvalue weighted by Crippen LogP contribution is -2.25. The van der Waals surface area contributed by atoms with E-state index in [0.717, 1.165) is 10.9 Å². The van der Waals surface area contributed by atoms with E-state index in [4.69, 9.17) is 4.74 Å². The Balaban J connectivity index is 1.80. The number of aryl methyl sites for hydroxylation is 1. The summed E-state index contributed by atoms with van der Waals surface area (Å²) in [6, 6.07) is 9.16. The standard InChI is InChI=1S/C20H20N2O4/c1-10-17(12(3)23)11(2)21-18(10)19(24)13(4)26-20(25)16-9-14-7-5-6-8-15(14)22-16/h5-9,13,21-22H,1-4H3/t13-/m0/s1. The number of hydrogen-bond acceptors (Lipinski definition) is 4. The number of esters is 1. The first-order chi connectivity index (χ1) is 12.3. The second-order valence-corrected chi connectivity index (χ2v) is 6.36. The van der Waals surface area contributed by atoms with E-state index in [2.05, 4.69) is 9.97 Å². The van der Waals surface area contributed by atoms with E-state index in [1.54, 1.807) is 19.9 Å². The molecule has 3 rings (SSSR count). The minimum absolute atomic E-state index is 0.113. The van der Waals surface area contributed by atoms with Gasteiger partial charge in [-0.3, -0.25) is 9.59 Å². The molecule has 1 atom stereocenters. The molecule has 134 valence electrons. The van der Waals surface area contributed by atoms with E-state index in [9.17, 15) is 14.4 Å². The molecule has 2 N–H and O–H groups in total. The molecule has 3 aromatic rings. The van der Waals surface area contributed by atoms with Crippen molar-refractivity contribution in [1.82, 2.24) is 9.97 Å². The first-order valence-electron chi connectivity index (χ1n) is 8.32. The maximum absolute atomic E-state index is 12.7. The Morgan fingerprint density at radius 3 is 2.38 bits per heavy atom. The highest BCUT2D eigenvalue weighted by Gasteiger charge is 2.26. The van der Waals surface area contributed by atoms with Crippen molar-refractivity contribution in [3.8, 4) is 0 Å². The molecule has 0 spiro atoms. The van der Waals surface area contributed by atoms with E-state index in [1.165, 1.54) is 13.8 Å². The van der Waals surface area contributed by atoms with Crippen molar-refractivity contribution < 1.29 is 19.1 Å². The number of carbonyl (C=O) groups is 3. The molecule has 2 heterocycles. The van der Waals surface area contributed by atoms with Crippen LogP contribution in [0.2, 0.25) is 0 Å². The number of H-pyrrole nitrogens is 2. The summed E-state index contributed by atoms with van der Waals surface area (Å²) in [5.74, 6) is -1.09. The van der Waals surface area contributed by atoms with E-state index in [0.29, 0.717) is 22.5 Å². The highest BCUT2D eigenvalue weighted by Crippen LogP contribution is 2.21. The summed E-state index contributed by atoms with van der Waals surface area (Å²) in [6.07, 6.45) is -0.981. The molecule has 0 bridgehead atoms. The second kappa shape index (κ2) is 6.63. The van der Waals surface area contributed by atoms with E-state index in [-0.39, 0.29) is 17.3 Å². The van der Waals surface area contributed by atoms with Crippen LogP contribution in [0.4, 0.5) is 0 Å². The summed E-state index contributed by atoms with van der Waals surface area (Å²) < 4.78 is 5.32. The van der Waals surface area contributed by atoms with Gasteiger partial charge in [0.1, 0.15) is 5.69 Å². The molecule has 6 nitrogen and oxygen atoms in total. The minimum Gasteiger partial charge on any atom is -0.450 e. The van der Waals surface area contributed by atoms with Gasteiger partial charge >= 0.3 is 5.97 Å². The zero-order valence-electron chi connectivity index (χ0n) is 15.1. The predicted octanol–water partition coefficient (Wildman–Crippen LogP) is 3.74. The predicted molar refractivity (Wildman–Crippen MR) is 97.8 cm³/mol. The summed E-state index contributed by atoms with van der Waals surface area (Å²) in [5.41, 5.74) is 3.11. The number of ether oxygens (including phenoxy) is 1. The Morgan fingerprint density at radius 1 is 1.08 bits per heavy atom. The Kier molecular flexibility index (Phi) is 4.50. The first kappa shape index (κ1) is 17.7. The Morgan fingerprint density at radius 2 is 1.77 bits per heavy atom. The van der Waals surface area contributed by atoms with E-state index >= 15 is 0 Å². The van der Waals surface area contributed by atoms with Crippen LogP contribution >= 0.6 is 0 Å². The average Bonchev–Trinajstić information content (AvgIpc) is 3.14. The molecule has 2 aromatic heterocycles. The summed E-state index contributed by atoms with van der Waals surface area (Å²) in [4.78, 5) is 42.7.